The summed E-state index contributed by atoms with van der Waals surface area (Å²) in [5, 5.41) is 0. The topological polar surface area (TPSA) is 0 Å². The number of aryl methyl sites for hydroxylation is 1. The van der Waals surface area contributed by atoms with E-state index in [4.69, 9.17) is 0 Å². The van der Waals surface area contributed by atoms with Crippen molar-refractivity contribution in [1.82, 2.24) is 0 Å². The van der Waals surface area contributed by atoms with Gasteiger partial charge in [-0.15, -0.1) is 0 Å². The third-order valence-corrected chi connectivity index (χ3v) is 21.3. The van der Waals surface area contributed by atoms with Crippen molar-refractivity contribution in [3.8, 4) is 44.5 Å². The lowest BCUT2D eigenvalue weighted by Crippen LogP contribution is -2.13. The molecular weight excluding hydrogens is 1110 g/mol. The summed E-state index contributed by atoms with van der Waals surface area (Å²) in [6.45, 7) is 11.3. The number of unbranched alkanes of at least 4 members (excludes halogenated alkanes) is 3. The first-order chi connectivity index (χ1) is 44.0. The second-order valence-corrected chi connectivity index (χ2v) is 27.6. The number of benzene rings is 8. The third-order valence-electron chi connectivity index (χ3n) is 21.3. The monoisotopic (exact) mass is 1220 g/mol. The Morgan fingerprint density at radius 2 is 0.484 bits per heavy atom. The summed E-state index contributed by atoms with van der Waals surface area (Å²) in [5.74, 6) is 6.32. The highest BCUT2D eigenvalue weighted by Crippen LogP contribution is 2.42. The van der Waals surface area contributed by atoms with Gasteiger partial charge in [0.1, 0.15) is 17.5 Å². The zero-order chi connectivity index (χ0) is 62.9. The Hall–Kier alpha value is -6.45. The fourth-order valence-corrected chi connectivity index (χ4v) is 15.3. The van der Waals surface area contributed by atoms with Crippen LogP contribution in [0.15, 0.2) is 194 Å². The Balaban J connectivity index is 0.000000156. The SMILES string of the molecule is C.CCC1CCC(c2ccc(-c3ccc(F)cc3)cc2)CC1.CCCC1CCC(c2ccc(-c3ccc(F)cc3)cc2)CC1.CCCCC1CCC(c2ccc(-c3ccc(F)cc3)cc2)CC1.CCCCCC1CCC(c2ccc(-c3ccc(C)cc3)cc2)CC1. The highest BCUT2D eigenvalue weighted by atomic mass is 19.1. The van der Waals surface area contributed by atoms with E-state index in [9.17, 15) is 13.2 Å². The van der Waals surface area contributed by atoms with Crippen LogP contribution in [0, 0.1) is 48.0 Å². The zero-order valence-corrected chi connectivity index (χ0v) is 55.6. The van der Waals surface area contributed by atoms with Gasteiger partial charge in [-0.3, -0.25) is 0 Å². The Kier molecular flexibility index (Phi) is 28.9. The highest BCUT2D eigenvalue weighted by molar-refractivity contribution is 5.66. The quantitative estimate of drug-likeness (QED) is 0.0751. The van der Waals surface area contributed by atoms with Crippen LogP contribution in [0.1, 0.15) is 254 Å². The highest BCUT2D eigenvalue weighted by Gasteiger charge is 2.25. The van der Waals surface area contributed by atoms with Gasteiger partial charge in [-0.05, 0) is 260 Å². The minimum atomic E-state index is -0.178. The second kappa shape index (κ2) is 37.3. The summed E-state index contributed by atoms with van der Waals surface area (Å²) < 4.78 is 39.0. The summed E-state index contributed by atoms with van der Waals surface area (Å²) in [7, 11) is 0. The number of hydrogen-bond donors (Lipinski definition) is 0. The Morgan fingerprint density at radius 1 is 0.253 bits per heavy atom. The molecule has 4 fully saturated rings. The van der Waals surface area contributed by atoms with Crippen molar-refractivity contribution in [3.05, 3.63) is 239 Å². The van der Waals surface area contributed by atoms with Gasteiger partial charge in [0.25, 0.3) is 0 Å². The number of halogens is 3. The van der Waals surface area contributed by atoms with Crippen LogP contribution in [0.4, 0.5) is 13.2 Å². The van der Waals surface area contributed by atoms with Crippen molar-refractivity contribution < 1.29 is 13.2 Å². The molecule has 0 spiro atoms. The summed E-state index contributed by atoms with van der Waals surface area (Å²) >= 11 is 0. The van der Waals surface area contributed by atoms with E-state index in [1.165, 1.54) is 253 Å². The van der Waals surface area contributed by atoms with Crippen LogP contribution in [0.25, 0.3) is 44.5 Å². The van der Waals surface area contributed by atoms with Gasteiger partial charge in [-0.25, -0.2) is 13.2 Å². The van der Waals surface area contributed by atoms with E-state index in [-0.39, 0.29) is 24.9 Å². The van der Waals surface area contributed by atoms with Crippen molar-refractivity contribution in [1.29, 1.82) is 0 Å². The molecule has 484 valence electrons. The molecule has 3 heteroatoms. The van der Waals surface area contributed by atoms with Gasteiger partial charge in [0.2, 0.25) is 0 Å². The van der Waals surface area contributed by atoms with Crippen LogP contribution in [-0.2, 0) is 0 Å². The molecule has 0 bridgehead atoms. The van der Waals surface area contributed by atoms with E-state index in [1.807, 2.05) is 36.4 Å². The molecule has 4 aliphatic rings. The zero-order valence-electron chi connectivity index (χ0n) is 55.6. The van der Waals surface area contributed by atoms with E-state index in [0.717, 1.165) is 64.0 Å². The molecular formula is C88H111F3. The lowest BCUT2D eigenvalue weighted by Gasteiger charge is -2.29. The van der Waals surface area contributed by atoms with Crippen LogP contribution in [0.5, 0.6) is 0 Å². The van der Waals surface area contributed by atoms with E-state index >= 15 is 0 Å². The van der Waals surface area contributed by atoms with Gasteiger partial charge < -0.3 is 0 Å². The maximum atomic E-state index is 13.0. The first-order valence-corrected chi connectivity index (χ1v) is 35.8. The fraction of sp³-hybridized carbons (Fsp3) is 0.455. The molecule has 8 aromatic carbocycles. The van der Waals surface area contributed by atoms with Gasteiger partial charge in [0, 0.05) is 0 Å². The number of rotatable bonds is 18. The van der Waals surface area contributed by atoms with Crippen LogP contribution in [0.3, 0.4) is 0 Å². The molecule has 0 aromatic heterocycles. The average molecular weight is 1230 g/mol. The molecule has 0 saturated heterocycles. The summed E-state index contributed by atoms with van der Waals surface area (Å²) in [5.41, 5.74) is 16.7. The molecule has 0 radical (unpaired) electrons. The van der Waals surface area contributed by atoms with Crippen molar-refractivity contribution in [3.63, 3.8) is 0 Å². The van der Waals surface area contributed by atoms with E-state index < -0.39 is 0 Å². The lowest BCUT2D eigenvalue weighted by atomic mass is 9.77. The predicted molar refractivity (Wildman–Crippen MR) is 387 cm³/mol. The predicted octanol–water partition coefficient (Wildman–Crippen LogP) is 27.9. The Labute approximate surface area is 550 Å². The smallest absolute Gasteiger partial charge is 0.123 e. The first kappa shape index (κ1) is 70.4. The molecule has 4 aliphatic carbocycles. The normalized spacial score (nSPS) is 21.3. The van der Waals surface area contributed by atoms with E-state index in [0.29, 0.717) is 0 Å². The van der Waals surface area contributed by atoms with Crippen LogP contribution in [-0.4, -0.2) is 0 Å². The molecule has 0 heterocycles. The second-order valence-electron chi connectivity index (χ2n) is 27.6. The average Bonchev–Trinajstić information content (AvgIpc) is 3.66. The fourth-order valence-electron chi connectivity index (χ4n) is 15.3. The summed E-state index contributed by atoms with van der Waals surface area (Å²) in [6.07, 6.45) is 35.8. The molecule has 8 aromatic rings. The molecule has 0 amide bonds. The summed E-state index contributed by atoms with van der Waals surface area (Å²) in [6, 6.07) is 65.1. The molecule has 0 atom stereocenters. The van der Waals surface area contributed by atoms with Crippen molar-refractivity contribution >= 4 is 0 Å². The first-order valence-electron chi connectivity index (χ1n) is 35.8. The van der Waals surface area contributed by atoms with Gasteiger partial charge in [-0.2, -0.15) is 0 Å². The standard InChI is InChI=1S/C24H32.C22H27F.C21H25F.C20H23F.CH4/c1-3-4-5-6-20-9-13-22(14-10-20)24-17-15-23(16-18-24)21-11-7-19(2)8-12-21;1-2-3-4-17-5-7-18(8-6-17)19-9-11-20(12-10-19)21-13-15-22(23)16-14-21;1-2-3-16-4-6-17(7-5-16)18-8-10-19(11-9-18)20-12-14-21(22)15-13-20;1-2-15-3-5-16(6-4-15)17-7-9-18(10-8-17)19-11-13-20(21)14-12-19;/h7-8,11-12,15-18,20,22H,3-6,9-10,13-14H2,1-2H3;9-18H,2-8H2,1H3;8-17H,2-7H2,1H3;7-16H,2-6H2,1H3;1H4. The van der Waals surface area contributed by atoms with Gasteiger partial charge in [-0.1, -0.05) is 263 Å². The maximum absolute atomic E-state index is 13.0. The van der Waals surface area contributed by atoms with Crippen molar-refractivity contribution in [2.75, 3.05) is 0 Å². The third kappa shape index (κ3) is 21.8. The Bertz CT molecular complexity index is 3220. The molecule has 91 heavy (non-hydrogen) atoms. The maximum Gasteiger partial charge on any atom is 0.123 e. The Morgan fingerprint density at radius 3 is 0.736 bits per heavy atom. The minimum Gasteiger partial charge on any atom is -0.207 e. The summed E-state index contributed by atoms with van der Waals surface area (Å²) in [4.78, 5) is 0. The van der Waals surface area contributed by atoms with Gasteiger partial charge >= 0.3 is 0 Å². The largest absolute Gasteiger partial charge is 0.207 e. The van der Waals surface area contributed by atoms with E-state index in [1.54, 1.807) is 5.56 Å². The van der Waals surface area contributed by atoms with Crippen molar-refractivity contribution in [2.45, 2.75) is 233 Å². The van der Waals surface area contributed by atoms with E-state index in [2.05, 4.69) is 156 Å². The molecule has 0 aliphatic heterocycles. The van der Waals surface area contributed by atoms with Gasteiger partial charge in [0.15, 0.2) is 0 Å². The molecule has 12 rings (SSSR count). The molecule has 0 unspecified atom stereocenters. The van der Waals surface area contributed by atoms with Crippen LogP contribution >= 0.6 is 0 Å². The minimum absolute atomic E-state index is 0. The molecule has 0 nitrogen and oxygen atoms in total. The van der Waals surface area contributed by atoms with Gasteiger partial charge in [0.05, 0.1) is 0 Å². The molecule has 4 saturated carbocycles. The van der Waals surface area contributed by atoms with Crippen LogP contribution in [0.2, 0.25) is 0 Å². The van der Waals surface area contributed by atoms with Crippen molar-refractivity contribution in [2.24, 2.45) is 23.7 Å². The molecule has 0 N–H and O–H groups in total. The lowest BCUT2D eigenvalue weighted by molar-refractivity contribution is 0.303. The van der Waals surface area contributed by atoms with Crippen LogP contribution < -0.4 is 0 Å². The number of hydrogen-bond acceptors (Lipinski definition) is 0.